The Morgan fingerprint density at radius 1 is 0.950 bits per heavy atom. The molecule has 0 fully saturated rings. The van der Waals surface area contributed by atoms with Crippen LogP contribution in [-0.2, 0) is 0 Å². The first-order valence-electron chi connectivity index (χ1n) is 6.01. The van der Waals surface area contributed by atoms with Gasteiger partial charge in [-0.2, -0.15) is 0 Å². The van der Waals surface area contributed by atoms with Crippen molar-refractivity contribution in [2.24, 2.45) is 0 Å². The number of thiophene rings is 1. The van der Waals surface area contributed by atoms with Crippen LogP contribution in [0.4, 0.5) is 0 Å². The average molecular weight is 316 g/mol. The summed E-state index contributed by atoms with van der Waals surface area (Å²) in [6, 6.07) is 11.8. The van der Waals surface area contributed by atoms with Crippen molar-refractivity contribution in [3.05, 3.63) is 62.2 Å². The van der Waals surface area contributed by atoms with Crippen molar-refractivity contribution < 1.29 is 0 Å². The van der Waals surface area contributed by atoms with Crippen LogP contribution < -0.4 is 0 Å². The number of aromatic nitrogens is 1. The highest BCUT2D eigenvalue weighted by molar-refractivity contribution is 7.15. The Kier molecular flexibility index (Phi) is 3.88. The summed E-state index contributed by atoms with van der Waals surface area (Å²) >= 11 is 9.19. The molecule has 0 spiro atoms. The number of benzene rings is 1. The SMILES string of the molecule is Cc1ccc(C#Cc2cnc(-c3ccc(Cl)cc3)s2)s1. The van der Waals surface area contributed by atoms with Gasteiger partial charge in [0, 0.05) is 15.5 Å². The molecule has 0 amide bonds. The van der Waals surface area contributed by atoms with Crippen molar-refractivity contribution in [3.63, 3.8) is 0 Å². The summed E-state index contributed by atoms with van der Waals surface area (Å²) in [5.74, 6) is 6.34. The molecule has 0 aliphatic heterocycles. The summed E-state index contributed by atoms with van der Waals surface area (Å²) in [5.41, 5.74) is 1.07. The van der Waals surface area contributed by atoms with E-state index in [9.17, 15) is 0 Å². The van der Waals surface area contributed by atoms with Crippen molar-refractivity contribution in [2.45, 2.75) is 6.92 Å². The Morgan fingerprint density at radius 2 is 1.70 bits per heavy atom. The highest BCUT2D eigenvalue weighted by Crippen LogP contribution is 2.26. The number of hydrogen-bond acceptors (Lipinski definition) is 3. The second-order valence-electron chi connectivity index (χ2n) is 4.20. The van der Waals surface area contributed by atoms with Gasteiger partial charge in [0.25, 0.3) is 0 Å². The van der Waals surface area contributed by atoms with E-state index in [-0.39, 0.29) is 0 Å². The van der Waals surface area contributed by atoms with Crippen molar-refractivity contribution in [2.75, 3.05) is 0 Å². The average Bonchev–Trinajstić information content (AvgIpc) is 3.06. The van der Waals surface area contributed by atoms with Crippen LogP contribution in [-0.4, -0.2) is 4.98 Å². The molecule has 0 saturated carbocycles. The summed E-state index contributed by atoms with van der Waals surface area (Å²) in [7, 11) is 0. The standard InChI is InChI=1S/C16H10ClNS2/c1-11-2-7-14(19-11)8-9-15-10-18-16(20-15)12-3-5-13(17)6-4-12/h2-7,10H,1H3. The van der Waals surface area contributed by atoms with E-state index < -0.39 is 0 Å². The van der Waals surface area contributed by atoms with E-state index in [1.165, 1.54) is 4.88 Å². The zero-order chi connectivity index (χ0) is 13.9. The Morgan fingerprint density at radius 3 is 2.40 bits per heavy atom. The molecule has 2 aromatic heterocycles. The number of thiazole rings is 1. The molecule has 98 valence electrons. The fourth-order valence-corrected chi connectivity index (χ4v) is 3.30. The number of nitrogens with zero attached hydrogens (tertiary/aromatic N) is 1. The number of halogens is 1. The van der Waals surface area contributed by atoms with Crippen LogP contribution in [0.5, 0.6) is 0 Å². The monoisotopic (exact) mass is 315 g/mol. The van der Waals surface area contributed by atoms with E-state index in [2.05, 4.69) is 29.8 Å². The third-order valence-corrected chi connectivity index (χ3v) is 4.78. The minimum Gasteiger partial charge on any atom is -0.243 e. The summed E-state index contributed by atoms with van der Waals surface area (Å²) in [6.45, 7) is 2.08. The minimum absolute atomic E-state index is 0.735. The maximum atomic E-state index is 5.89. The fourth-order valence-electron chi connectivity index (χ4n) is 1.68. The molecule has 1 aromatic carbocycles. The molecular formula is C16H10ClNS2. The van der Waals surface area contributed by atoms with Gasteiger partial charge in [-0.05, 0) is 43.0 Å². The van der Waals surface area contributed by atoms with E-state index in [1.807, 2.05) is 36.5 Å². The zero-order valence-corrected chi connectivity index (χ0v) is 13.1. The summed E-state index contributed by atoms with van der Waals surface area (Å²) < 4.78 is 0. The third-order valence-electron chi connectivity index (χ3n) is 2.65. The minimum atomic E-state index is 0.735. The van der Waals surface area contributed by atoms with Gasteiger partial charge in [-0.25, -0.2) is 4.98 Å². The molecule has 1 nitrogen and oxygen atoms in total. The Labute approximate surface area is 130 Å². The normalized spacial score (nSPS) is 10.1. The molecule has 0 saturated heterocycles. The van der Waals surface area contributed by atoms with Crippen LogP contribution in [0, 0.1) is 18.8 Å². The quantitative estimate of drug-likeness (QED) is 0.560. The van der Waals surface area contributed by atoms with Gasteiger partial charge in [0.2, 0.25) is 0 Å². The lowest BCUT2D eigenvalue weighted by Crippen LogP contribution is -1.73. The molecule has 20 heavy (non-hydrogen) atoms. The molecule has 0 unspecified atom stereocenters. The van der Waals surface area contributed by atoms with E-state index in [0.29, 0.717) is 0 Å². The molecule has 4 heteroatoms. The van der Waals surface area contributed by atoms with Gasteiger partial charge in [-0.15, -0.1) is 22.7 Å². The van der Waals surface area contributed by atoms with Gasteiger partial charge < -0.3 is 0 Å². The molecule has 2 heterocycles. The van der Waals surface area contributed by atoms with Crippen molar-refractivity contribution in [1.82, 2.24) is 4.98 Å². The maximum absolute atomic E-state index is 5.89. The molecule has 0 radical (unpaired) electrons. The van der Waals surface area contributed by atoms with Crippen LogP contribution >= 0.6 is 34.3 Å². The highest BCUT2D eigenvalue weighted by atomic mass is 35.5. The Balaban J connectivity index is 1.84. The predicted octanol–water partition coefficient (Wildman–Crippen LogP) is 5.23. The molecule has 3 aromatic rings. The van der Waals surface area contributed by atoms with Gasteiger partial charge >= 0.3 is 0 Å². The Bertz CT molecular complexity index is 788. The van der Waals surface area contributed by atoms with E-state index in [1.54, 1.807) is 22.7 Å². The zero-order valence-electron chi connectivity index (χ0n) is 10.7. The summed E-state index contributed by atoms with van der Waals surface area (Å²) in [6.07, 6.45) is 1.82. The molecule has 0 bridgehead atoms. The van der Waals surface area contributed by atoms with Gasteiger partial charge in [0.15, 0.2) is 0 Å². The van der Waals surface area contributed by atoms with Crippen LogP contribution in [0.3, 0.4) is 0 Å². The smallest absolute Gasteiger partial charge is 0.124 e. The first-order chi connectivity index (χ1) is 9.70. The number of hydrogen-bond donors (Lipinski definition) is 0. The van der Waals surface area contributed by atoms with Crippen molar-refractivity contribution in [1.29, 1.82) is 0 Å². The maximum Gasteiger partial charge on any atom is 0.124 e. The van der Waals surface area contributed by atoms with Gasteiger partial charge in [0.05, 0.1) is 16.0 Å². The second-order valence-corrected chi connectivity index (χ2v) is 6.95. The lowest BCUT2D eigenvalue weighted by molar-refractivity contribution is 1.41. The van der Waals surface area contributed by atoms with Gasteiger partial charge in [-0.3, -0.25) is 0 Å². The van der Waals surface area contributed by atoms with E-state index in [0.717, 1.165) is 25.3 Å². The van der Waals surface area contributed by atoms with E-state index in [4.69, 9.17) is 11.6 Å². The molecule has 0 aliphatic rings. The molecule has 0 N–H and O–H groups in total. The van der Waals surface area contributed by atoms with Crippen molar-refractivity contribution in [3.8, 4) is 22.4 Å². The number of aryl methyl sites for hydroxylation is 1. The fraction of sp³-hybridized carbons (Fsp3) is 0.0625. The van der Waals surface area contributed by atoms with Gasteiger partial charge in [0.1, 0.15) is 5.01 Å². The molecule has 3 rings (SSSR count). The van der Waals surface area contributed by atoms with Crippen molar-refractivity contribution >= 4 is 34.3 Å². The first kappa shape index (κ1) is 13.4. The van der Waals surface area contributed by atoms with Crippen LogP contribution in [0.15, 0.2) is 42.6 Å². The first-order valence-corrected chi connectivity index (χ1v) is 8.02. The molecular weight excluding hydrogens is 306 g/mol. The van der Waals surface area contributed by atoms with E-state index >= 15 is 0 Å². The molecule has 0 aliphatic carbocycles. The summed E-state index contributed by atoms with van der Waals surface area (Å²) in [4.78, 5) is 7.75. The summed E-state index contributed by atoms with van der Waals surface area (Å²) in [5, 5.41) is 1.70. The Hall–Kier alpha value is -1.60. The largest absolute Gasteiger partial charge is 0.243 e. The lowest BCUT2D eigenvalue weighted by Gasteiger charge is -1.94. The number of rotatable bonds is 1. The predicted molar refractivity (Wildman–Crippen MR) is 87.6 cm³/mol. The van der Waals surface area contributed by atoms with Crippen LogP contribution in [0.25, 0.3) is 10.6 Å². The van der Waals surface area contributed by atoms with Crippen LogP contribution in [0.2, 0.25) is 5.02 Å². The molecule has 0 atom stereocenters. The van der Waals surface area contributed by atoms with Crippen LogP contribution in [0.1, 0.15) is 14.6 Å². The lowest BCUT2D eigenvalue weighted by atomic mass is 10.2. The third kappa shape index (κ3) is 3.10. The topological polar surface area (TPSA) is 12.9 Å². The van der Waals surface area contributed by atoms with Gasteiger partial charge in [-0.1, -0.05) is 23.7 Å². The highest BCUT2D eigenvalue weighted by Gasteiger charge is 2.03. The second kappa shape index (κ2) is 5.80.